The van der Waals surface area contributed by atoms with E-state index in [4.69, 9.17) is 37.0 Å². The molecule has 0 saturated heterocycles. The maximum Gasteiger partial charge on any atom is 0.472 e. The first-order valence-corrected chi connectivity index (χ1v) is 45.6. The molecule has 0 radical (unpaired) electrons. The van der Waals surface area contributed by atoms with Gasteiger partial charge in [-0.05, 0) is 57.8 Å². The average molecular weight is 1490 g/mol. The Balaban J connectivity index is 5.29. The highest BCUT2D eigenvalue weighted by atomic mass is 31.2. The molecular formula is C83H158O17P2. The van der Waals surface area contributed by atoms with Gasteiger partial charge in [-0.3, -0.25) is 37.3 Å². The van der Waals surface area contributed by atoms with E-state index < -0.39 is 97.5 Å². The number of carbonyl (C=O) groups excluding carboxylic acids is 4. The predicted molar refractivity (Wildman–Crippen MR) is 418 cm³/mol. The fourth-order valence-electron chi connectivity index (χ4n) is 12.4. The number of phosphoric acid groups is 2. The zero-order chi connectivity index (χ0) is 74.6. The molecule has 602 valence electrons. The van der Waals surface area contributed by atoms with Gasteiger partial charge in [0.15, 0.2) is 12.2 Å². The molecule has 0 aromatic heterocycles. The molecule has 0 bridgehead atoms. The van der Waals surface area contributed by atoms with Gasteiger partial charge in [0.1, 0.15) is 19.3 Å². The summed E-state index contributed by atoms with van der Waals surface area (Å²) in [6.45, 7) is 4.98. The molecule has 5 atom stereocenters. The molecule has 0 saturated carbocycles. The lowest BCUT2D eigenvalue weighted by molar-refractivity contribution is -0.161. The van der Waals surface area contributed by atoms with E-state index in [0.717, 1.165) is 116 Å². The Bertz CT molecular complexity index is 2020. The molecule has 0 spiro atoms. The van der Waals surface area contributed by atoms with Crippen LogP contribution in [-0.2, 0) is 65.4 Å². The SMILES string of the molecule is CCCCC/C=C\C/C=C\CCCCCCCC(=O)OC[C@H](COP(=O)(O)OC[C@@H](O)COP(=O)(O)OC[C@@H](COC(=O)CCCCCCCCCCCCCCCCCCC)OC(=O)CCCCCCCCCCCCCCCCCCC)OC(=O)CCCCCCCCCCCCCCC. The summed E-state index contributed by atoms with van der Waals surface area (Å²) < 4.78 is 68.8. The molecule has 0 aliphatic carbocycles. The fraction of sp³-hybridized carbons (Fsp3) is 0.904. The Labute approximate surface area is 624 Å². The zero-order valence-electron chi connectivity index (χ0n) is 66.1. The van der Waals surface area contributed by atoms with Crippen LogP contribution >= 0.6 is 15.6 Å². The summed E-state index contributed by atoms with van der Waals surface area (Å²) >= 11 is 0. The lowest BCUT2D eigenvalue weighted by Gasteiger charge is -2.21. The summed E-state index contributed by atoms with van der Waals surface area (Å²) in [5, 5.41) is 10.7. The number of hydrogen-bond acceptors (Lipinski definition) is 15. The van der Waals surface area contributed by atoms with Crippen molar-refractivity contribution in [2.45, 2.75) is 444 Å². The lowest BCUT2D eigenvalue weighted by Crippen LogP contribution is -2.30. The molecule has 2 unspecified atom stereocenters. The second-order valence-corrected chi connectivity index (χ2v) is 32.1. The van der Waals surface area contributed by atoms with Gasteiger partial charge in [0.25, 0.3) is 0 Å². The van der Waals surface area contributed by atoms with Gasteiger partial charge >= 0.3 is 39.5 Å². The summed E-state index contributed by atoms with van der Waals surface area (Å²) in [7, 11) is -9.93. The normalized spacial score (nSPS) is 13.9. The first kappa shape index (κ1) is 99.5. The molecule has 3 N–H and O–H groups in total. The second kappa shape index (κ2) is 76.7. The van der Waals surface area contributed by atoms with Gasteiger partial charge in [-0.1, -0.05) is 367 Å². The molecule has 0 aromatic rings. The average Bonchev–Trinajstić information content (AvgIpc) is 0.908. The van der Waals surface area contributed by atoms with Crippen molar-refractivity contribution in [3.05, 3.63) is 24.3 Å². The Morgan fingerprint density at radius 2 is 0.480 bits per heavy atom. The van der Waals surface area contributed by atoms with Gasteiger partial charge in [0, 0.05) is 25.7 Å². The van der Waals surface area contributed by atoms with Crippen LogP contribution in [-0.4, -0.2) is 96.7 Å². The van der Waals surface area contributed by atoms with E-state index in [-0.39, 0.29) is 25.7 Å². The first-order valence-electron chi connectivity index (χ1n) is 42.6. The number of ether oxygens (including phenoxy) is 4. The molecule has 0 fully saturated rings. The summed E-state index contributed by atoms with van der Waals surface area (Å²) in [4.78, 5) is 73.1. The van der Waals surface area contributed by atoms with E-state index >= 15 is 0 Å². The molecule has 0 amide bonds. The van der Waals surface area contributed by atoms with E-state index in [9.17, 15) is 43.2 Å². The van der Waals surface area contributed by atoms with Crippen molar-refractivity contribution < 1.29 is 80.2 Å². The number of rotatable bonds is 82. The van der Waals surface area contributed by atoms with Gasteiger partial charge in [0.05, 0.1) is 26.4 Å². The van der Waals surface area contributed by atoms with Crippen LogP contribution in [0.15, 0.2) is 24.3 Å². The Morgan fingerprint density at radius 1 is 0.275 bits per heavy atom. The van der Waals surface area contributed by atoms with Crippen molar-refractivity contribution in [2.75, 3.05) is 39.6 Å². The van der Waals surface area contributed by atoms with Crippen molar-refractivity contribution in [1.82, 2.24) is 0 Å². The van der Waals surface area contributed by atoms with Crippen molar-refractivity contribution >= 4 is 39.5 Å². The van der Waals surface area contributed by atoms with Crippen LogP contribution in [0.5, 0.6) is 0 Å². The first-order chi connectivity index (χ1) is 49.7. The van der Waals surface area contributed by atoms with Crippen LogP contribution in [0.2, 0.25) is 0 Å². The number of esters is 4. The highest BCUT2D eigenvalue weighted by molar-refractivity contribution is 7.47. The standard InChI is InChI=1S/C83H158O17P2/c1-5-9-13-17-21-25-29-33-36-38-41-45-48-52-56-60-64-68-81(86)94-74-79(100-83(88)70-66-62-58-54-50-46-42-39-37-34-30-26-22-18-14-10-6-2)76-98-102(91,92)96-72-77(84)71-95-101(89,90)97-75-78(99-82(87)69-65-61-57-53-49-43-32-28-24-20-16-12-8-4)73-93-80(85)67-63-59-55-51-47-44-40-35-31-27-23-19-15-11-7-3/h23,27,35,40,77-79,84H,5-22,24-26,28-34,36-39,41-76H2,1-4H3,(H,89,90)(H,91,92)/b27-23-,40-35-/t77-,78-,79-/m1/s1. The van der Waals surface area contributed by atoms with Gasteiger partial charge in [0.2, 0.25) is 0 Å². The predicted octanol–water partition coefficient (Wildman–Crippen LogP) is 24.9. The molecule has 0 rings (SSSR count). The van der Waals surface area contributed by atoms with Crippen LogP contribution in [0.25, 0.3) is 0 Å². The van der Waals surface area contributed by atoms with Crippen LogP contribution in [0.4, 0.5) is 0 Å². The molecule has 102 heavy (non-hydrogen) atoms. The van der Waals surface area contributed by atoms with Gasteiger partial charge in [-0.15, -0.1) is 0 Å². The molecular weight excluding hydrogens is 1330 g/mol. The zero-order valence-corrected chi connectivity index (χ0v) is 67.9. The number of aliphatic hydroxyl groups excluding tert-OH is 1. The van der Waals surface area contributed by atoms with Gasteiger partial charge in [-0.25, -0.2) is 9.13 Å². The molecule has 0 aromatic carbocycles. The summed E-state index contributed by atoms with van der Waals surface area (Å²) in [5.74, 6) is -2.13. The number of carbonyl (C=O) groups is 4. The van der Waals surface area contributed by atoms with E-state index in [1.807, 2.05) is 0 Å². The fourth-order valence-corrected chi connectivity index (χ4v) is 14.0. The maximum absolute atomic E-state index is 13.1. The summed E-state index contributed by atoms with van der Waals surface area (Å²) in [5.41, 5.74) is 0. The lowest BCUT2D eigenvalue weighted by atomic mass is 10.0. The third-order valence-electron chi connectivity index (χ3n) is 18.9. The van der Waals surface area contributed by atoms with Crippen molar-refractivity contribution in [1.29, 1.82) is 0 Å². The van der Waals surface area contributed by atoms with Crippen LogP contribution in [0, 0.1) is 0 Å². The van der Waals surface area contributed by atoms with E-state index in [1.165, 1.54) is 231 Å². The number of unbranched alkanes of at least 4 members (excludes halogenated alkanes) is 52. The molecule has 17 nitrogen and oxygen atoms in total. The highest BCUT2D eigenvalue weighted by Gasteiger charge is 2.30. The number of hydrogen-bond donors (Lipinski definition) is 3. The van der Waals surface area contributed by atoms with Crippen LogP contribution in [0.3, 0.4) is 0 Å². The molecule has 0 aliphatic heterocycles. The smallest absolute Gasteiger partial charge is 0.462 e. The molecule has 0 aliphatic rings. The van der Waals surface area contributed by atoms with Crippen molar-refractivity contribution in [3.63, 3.8) is 0 Å². The minimum atomic E-state index is -4.97. The summed E-state index contributed by atoms with van der Waals surface area (Å²) in [6.07, 6.45) is 72.8. The quantitative estimate of drug-likeness (QED) is 0.0169. The topological polar surface area (TPSA) is 237 Å². The van der Waals surface area contributed by atoms with Gasteiger partial charge < -0.3 is 33.8 Å². The highest BCUT2D eigenvalue weighted by Crippen LogP contribution is 2.45. The van der Waals surface area contributed by atoms with Crippen LogP contribution < -0.4 is 0 Å². The van der Waals surface area contributed by atoms with Crippen LogP contribution in [0.1, 0.15) is 426 Å². The summed E-state index contributed by atoms with van der Waals surface area (Å²) in [6, 6.07) is 0. The second-order valence-electron chi connectivity index (χ2n) is 29.2. The minimum Gasteiger partial charge on any atom is -0.462 e. The van der Waals surface area contributed by atoms with E-state index in [0.29, 0.717) is 25.7 Å². The molecule has 19 heteroatoms. The number of allylic oxidation sites excluding steroid dienone is 4. The third kappa shape index (κ3) is 75.8. The van der Waals surface area contributed by atoms with Crippen molar-refractivity contribution in [2.24, 2.45) is 0 Å². The van der Waals surface area contributed by atoms with Crippen molar-refractivity contribution in [3.8, 4) is 0 Å². The monoisotopic (exact) mass is 1490 g/mol. The Hall–Kier alpha value is -2.46. The van der Waals surface area contributed by atoms with Gasteiger partial charge in [-0.2, -0.15) is 0 Å². The van der Waals surface area contributed by atoms with E-state index in [2.05, 4.69) is 52.0 Å². The third-order valence-corrected chi connectivity index (χ3v) is 20.9. The maximum atomic E-state index is 13.1. The number of phosphoric ester groups is 2. The van der Waals surface area contributed by atoms with E-state index in [1.54, 1.807) is 0 Å². The largest absolute Gasteiger partial charge is 0.472 e. The Morgan fingerprint density at radius 3 is 0.745 bits per heavy atom. The molecule has 0 heterocycles. The minimum absolute atomic E-state index is 0.102. The number of aliphatic hydroxyl groups is 1. The Kier molecular flexibility index (Phi) is 74.9.